The van der Waals surface area contributed by atoms with Crippen LogP contribution in [-0.2, 0) is 4.79 Å². The molecule has 0 spiro atoms. The molecule has 0 radical (unpaired) electrons. The highest BCUT2D eigenvalue weighted by atomic mass is 35.5. The number of carbonyl (C=O) groups excluding carboxylic acids is 1. The number of benzene rings is 1. The first-order chi connectivity index (χ1) is 11.0. The summed E-state index contributed by atoms with van der Waals surface area (Å²) in [6.07, 6.45) is 0.933. The van der Waals surface area contributed by atoms with Crippen molar-refractivity contribution in [1.29, 1.82) is 0 Å². The van der Waals surface area contributed by atoms with Gasteiger partial charge in [0.25, 0.3) is 0 Å². The summed E-state index contributed by atoms with van der Waals surface area (Å²) in [5, 5.41) is 12.4. The van der Waals surface area contributed by atoms with E-state index in [-0.39, 0.29) is 23.7 Å². The number of halogens is 1. The summed E-state index contributed by atoms with van der Waals surface area (Å²) in [7, 11) is 0. The van der Waals surface area contributed by atoms with E-state index in [0.717, 1.165) is 18.5 Å². The van der Waals surface area contributed by atoms with Crippen molar-refractivity contribution in [1.82, 2.24) is 25.1 Å². The molecule has 2 atom stereocenters. The first kappa shape index (κ1) is 18.4. The molecule has 130 valence electrons. The number of carbonyl (C=O) groups is 1. The lowest BCUT2D eigenvalue weighted by Gasteiger charge is -2.24. The second-order valence-corrected chi connectivity index (χ2v) is 6.50. The maximum atomic E-state index is 12.7. The van der Waals surface area contributed by atoms with Crippen molar-refractivity contribution in [2.24, 2.45) is 11.1 Å². The Labute approximate surface area is 147 Å². The van der Waals surface area contributed by atoms with Crippen LogP contribution < -0.4 is 5.73 Å². The van der Waals surface area contributed by atoms with Gasteiger partial charge in [-0.2, -0.15) is 4.80 Å². The monoisotopic (exact) mass is 350 g/mol. The zero-order valence-corrected chi connectivity index (χ0v) is 14.7. The summed E-state index contributed by atoms with van der Waals surface area (Å²) in [4.78, 5) is 15.9. The standard InChI is InChI=1S/C16H22N6O.ClH/c1-12(15(23)21-9-8-16(2,10-17)11-21)22-19-14(18-20-22)13-6-4-3-5-7-13;/h3-7,12H,8-11,17H2,1-2H3;1H. The van der Waals surface area contributed by atoms with Crippen LogP contribution in [-0.4, -0.2) is 50.6 Å². The van der Waals surface area contributed by atoms with E-state index in [1.165, 1.54) is 4.80 Å². The number of likely N-dealkylation sites (tertiary alicyclic amines) is 1. The molecule has 2 N–H and O–H groups in total. The Bertz CT molecular complexity index is 691. The average molecular weight is 351 g/mol. The predicted octanol–water partition coefficient (Wildman–Crippen LogP) is 1.52. The smallest absolute Gasteiger partial charge is 0.249 e. The average Bonchev–Trinajstić information content (AvgIpc) is 3.22. The van der Waals surface area contributed by atoms with Gasteiger partial charge in [0.2, 0.25) is 11.7 Å². The fourth-order valence-electron chi connectivity index (χ4n) is 2.83. The number of hydrogen-bond acceptors (Lipinski definition) is 5. The van der Waals surface area contributed by atoms with Gasteiger partial charge in [0.05, 0.1) is 0 Å². The molecule has 1 amide bonds. The van der Waals surface area contributed by atoms with Crippen molar-refractivity contribution < 1.29 is 4.79 Å². The quantitative estimate of drug-likeness (QED) is 0.902. The van der Waals surface area contributed by atoms with E-state index >= 15 is 0 Å². The molecule has 2 aromatic rings. The molecule has 8 heteroatoms. The molecule has 24 heavy (non-hydrogen) atoms. The van der Waals surface area contributed by atoms with E-state index in [0.29, 0.717) is 18.9 Å². The number of tetrazole rings is 1. The molecule has 1 saturated heterocycles. The third kappa shape index (κ3) is 3.57. The van der Waals surface area contributed by atoms with E-state index in [4.69, 9.17) is 5.73 Å². The molecule has 2 heterocycles. The van der Waals surface area contributed by atoms with Crippen LogP contribution in [0.2, 0.25) is 0 Å². The Kier molecular flexibility index (Phi) is 5.56. The number of nitrogens with zero attached hydrogens (tertiary/aromatic N) is 5. The number of hydrogen-bond donors (Lipinski definition) is 1. The Morgan fingerprint density at radius 2 is 2.08 bits per heavy atom. The van der Waals surface area contributed by atoms with Gasteiger partial charge >= 0.3 is 0 Å². The summed E-state index contributed by atoms with van der Waals surface area (Å²) >= 11 is 0. The van der Waals surface area contributed by atoms with Crippen LogP contribution in [0.25, 0.3) is 11.4 Å². The molecule has 0 saturated carbocycles. The van der Waals surface area contributed by atoms with Gasteiger partial charge in [-0.05, 0) is 30.5 Å². The van der Waals surface area contributed by atoms with E-state index in [9.17, 15) is 4.79 Å². The summed E-state index contributed by atoms with van der Waals surface area (Å²) in [6.45, 7) is 5.93. The van der Waals surface area contributed by atoms with Gasteiger partial charge < -0.3 is 10.6 Å². The molecule has 3 rings (SSSR count). The lowest BCUT2D eigenvalue weighted by atomic mass is 9.90. The molecule has 1 aliphatic heterocycles. The topological polar surface area (TPSA) is 89.9 Å². The van der Waals surface area contributed by atoms with Gasteiger partial charge in [-0.3, -0.25) is 4.79 Å². The van der Waals surface area contributed by atoms with Crippen molar-refractivity contribution in [3.05, 3.63) is 30.3 Å². The maximum Gasteiger partial charge on any atom is 0.249 e. The number of nitrogens with two attached hydrogens (primary N) is 1. The second-order valence-electron chi connectivity index (χ2n) is 6.50. The summed E-state index contributed by atoms with van der Waals surface area (Å²) in [6, 6.07) is 9.13. The molecule has 0 aliphatic carbocycles. The van der Waals surface area contributed by atoms with Gasteiger partial charge in [-0.1, -0.05) is 37.3 Å². The minimum atomic E-state index is -0.472. The van der Waals surface area contributed by atoms with E-state index in [1.54, 1.807) is 6.92 Å². The predicted molar refractivity (Wildman–Crippen MR) is 93.6 cm³/mol. The van der Waals surface area contributed by atoms with Crippen molar-refractivity contribution in [3.63, 3.8) is 0 Å². The van der Waals surface area contributed by atoms with Gasteiger partial charge in [0, 0.05) is 18.7 Å². The number of rotatable bonds is 4. The molecule has 2 unspecified atom stereocenters. The Hall–Kier alpha value is -1.99. The third-order valence-electron chi connectivity index (χ3n) is 4.53. The summed E-state index contributed by atoms with van der Waals surface area (Å²) in [5.74, 6) is 0.539. The molecule has 1 aromatic heterocycles. The fraction of sp³-hybridized carbons (Fsp3) is 0.500. The van der Waals surface area contributed by atoms with E-state index in [2.05, 4.69) is 22.3 Å². The maximum absolute atomic E-state index is 12.7. The van der Waals surface area contributed by atoms with Crippen LogP contribution in [0.15, 0.2) is 30.3 Å². The highest BCUT2D eigenvalue weighted by Gasteiger charge is 2.37. The van der Waals surface area contributed by atoms with Crippen LogP contribution in [0, 0.1) is 5.41 Å². The van der Waals surface area contributed by atoms with Crippen molar-refractivity contribution in [2.75, 3.05) is 19.6 Å². The van der Waals surface area contributed by atoms with Crippen LogP contribution in [0.5, 0.6) is 0 Å². The first-order valence-corrected chi connectivity index (χ1v) is 7.86. The fourth-order valence-corrected chi connectivity index (χ4v) is 2.83. The molecule has 0 bridgehead atoms. The Morgan fingerprint density at radius 1 is 1.38 bits per heavy atom. The van der Waals surface area contributed by atoms with Crippen LogP contribution in [0.3, 0.4) is 0 Å². The molecule has 1 fully saturated rings. The molecular weight excluding hydrogens is 328 g/mol. The van der Waals surface area contributed by atoms with Crippen molar-refractivity contribution >= 4 is 18.3 Å². The zero-order valence-electron chi connectivity index (χ0n) is 13.9. The molecule has 7 nitrogen and oxygen atoms in total. The van der Waals surface area contributed by atoms with E-state index in [1.807, 2.05) is 35.2 Å². The molecule has 1 aliphatic rings. The van der Waals surface area contributed by atoms with Gasteiger partial charge in [-0.25, -0.2) is 0 Å². The third-order valence-corrected chi connectivity index (χ3v) is 4.53. The SMILES string of the molecule is CC(C(=O)N1CCC(C)(CN)C1)n1nnc(-c2ccccc2)n1.Cl. The van der Waals surface area contributed by atoms with Gasteiger partial charge in [-0.15, -0.1) is 22.6 Å². The van der Waals surface area contributed by atoms with Crippen LogP contribution >= 0.6 is 12.4 Å². The number of aromatic nitrogens is 4. The Morgan fingerprint density at radius 3 is 2.71 bits per heavy atom. The number of amides is 1. The van der Waals surface area contributed by atoms with E-state index < -0.39 is 6.04 Å². The summed E-state index contributed by atoms with van der Waals surface area (Å²) < 4.78 is 0. The van der Waals surface area contributed by atoms with Crippen LogP contribution in [0.1, 0.15) is 26.3 Å². The highest BCUT2D eigenvalue weighted by Crippen LogP contribution is 2.29. The van der Waals surface area contributed by atoms with Crippen molar-refractivity contribution in [2.45, 2.75) is 26.3 Å². The first-order valence-electron chi connectivity index (χ1n) is 7.86. The van der Waals surface area contributed by atoms with Gasteiger partial charge in [0.1, 0.15) is 6.04 Å². The molecular formula is C16H23ClN6O. The van der Waals surface area contributed by atoms with Crippen molar-refractivity contribution in [3.8, 4) is 11.4 Å². The zero-order chi connectivity index (χ0) is 16.4. The second kappa shape index (κ2) is 7.27. The normalized spacial score (nSPS) is 21.4. The lowest BCUT2D eigenvalue weighted by Crippen LogP contribution is -2.38. The van der Waals surface area contributed by atoms with Crippen LogP contribution in [0.4, 0.5) is 0 Å². The molecule has 1 aromatic carbocycles. The van der Waals surface area contributed by atoms with Gasteiger partial charge in [0.15, 0.2) is 0 Å². The minimum Gasteiger partial charge on any atom is -0.340 e. The lowest BCUT2D eigenvalue weighted by molar-refractivity contribution is -0.134. The summed E-state index contributed by atoms with van der Waals surface area (Å²) in [5.41, 5.74) is 6.71. The largest absolute Gasteiger partial charge is 0.340 e. The Balaban J connectivity index is 0.00000208. The minimum absolute atomic E-state index is 0. The highest BCUT2D eigenvalue weighted by molar-refractivity contribution is 5.85.